The van der Waals surface area contributed by atoms with E-state index in [2.05, 4.69) is 5.32 Å². The number of sulfonamides is 1. The lowest BCUT2D eigenvalue weighted by Gasteiger charge is -2.19. The summed E-state index contributed by atoms with van der Waals surface area (Å²) in [5.41, 5.74) is 1.17. The maximum atomic E-state index is 11.8. The molecule has 1 amide bonds. The molecule has 1 aromatic carbocycles. The number of nitrogens with zero attached hydrogens (tertiary/aromatic N) is 1. The van der Waals surface area contributed by atoms with Gasteiger partial charge in [0.25, 0.3) is 0 Å². The summed E-state index contributed by atoms with van der Waals surface area (Å²) in [5.74, 6) is -0.110. The molecule has 6 heteroatoms. The molecule has 5 nitrogen and oxygen atoms in total. The number of benzene rings is 1. The van der Waals surface area contributed by atoms with E-state index < -0.39 is 10.0 Å². The second kappa shape index (κ2) is 9.58. The Balaban J connectivity index is 2.31. The van der Waals surface area contributed by atoms with Crippen LogP contribution in [-0.4, -0.2) is 44.5 Å². The van der Waals surface area contributed by atoms with Gasteiger partial charge in [-0.1, -0.05) is 43.7 Å². The third kappa shape index (κ3) is 7.56. The van der Waals surface area contributed by atoms with E-state index >= 15 is 0 Å². The first-order valence-corrected chi connectivity index (χ1v) is 9.54. The van der Waals surface area contributed by atoms with Gasteiger partial charge in [0.05, 0.1) is 6.26 Å². The van der Waals surface area contributed by atoms with E-state index in [1.165, 1.54) is 16.1 Å². The van der Waals surface area contributed by atoms with Crippen LogP contribution in [0.2, 0.25) is 0 Å². The van der Waals surface area contributed by atoms with Gasteiger partial charge in [-0.25, -0.2) is 12.7 Å². The van der Waals surface area contributed by atoms with Gasteiger partial charge in [-0.2, -0.15) is 0 Å². The van der Waals surface area contributed by atoms with E-state index in [0.29, 0.717) is 13.1 Å². The number of hydrogen-bond donors (Lipinski definition) is 1. The van der Waals surface area contributed by atoms with E-state index in [1.54, 1.807) is 0 Å². The number of carbonyl (C=O) groups is 1. The molecule has 0 fully saturated rings. The Morgan fingerprint density at radius 3 is 2.45 bits per heavy atom. The van der Waals surface area contributed by atoms with Crippen molar-refractivity contribution in [1.29, 1.82) is 0 Å². The monoisotopic (exact) mass is 326 g/mol. The highest BCUT2D eigenvalue weighted by atomic mass is 32.2. The van der Waals surface area contributed by atoms with E-state index in [9.17, 15) is 13.2 Å². The van der Waals surface area contributed by atoms with Crippen LogP contribution in [0.15, 0.2) is 30.3 Å². The highest BCUT2D eigenvalue weighted by Crippen LogP contribution is 2.03. The summed E-state index contributed by atoms with van der Waals surface area (Å²) in [6, 6.07) is 9.92. The predicted molar refractivity (Wildman–Crippen MR) is 89.1 cm³/mol. The van der Waals surface area contributed by atoms with Crippen LogP contribution >= 0.6 is 0 Å². The molecular weight excluding hydrogens is 300 g/mol. The topological polar surface area (TPSA) is 66.5 Å². The number of hydrogen-bond acceptors (Lipinski definition) is 3. The highest BCUT2D eigenvalue weighted by molar-refractivity contribution is 7.88. The van der Waals surface area contributed by atoms with Crippen molar-refractivity contribution >= 4 is 15.9 Å². The minimum absolute atomic E-state index is 0.110. The maximum Gasteiger partial charge on any atom is 0.221 e. The van der Waals surface area contributed by atoms with E-state index in [-0.39, 0.29) is 18.9 Å². The smallest absolute Gasteiger partial charge is 0.221 e. The van der Waals surface area contributed by atoms with Crippen molar-refractivity contribution in [3.63, 3.8) is 0 Å². The van der Waals surface area contributed by atoms with Crippen molar-refractivity contribution in [1.82, 2.24) is 9.62 Å². The maximum absolute atomic E-state index is 11.8. The Bertz CT molecular complexity index is 544. The minimum Gasteiger partial charge on any atom is -0.356 e. The van der Waals surface area contributed by atoms with Crippen molar-refractivity contribution in [2.45, 2.75) is 32.6 Å². The summed E-state index contributed by atoms with van der Waals surface area (Å²) < 4.78 is 24.7. The Morgan fingerprint density at radius 2 is 1.86 bits per heavy atom. The van der Waals surface area contributed by atoms with Gasteiger partial charge in [0.15, 0.2) is 0 Å². The molecule has 0 bridgehead atoms. The number of unbranched alkanes of at least 4 members (excludes halogenated alkanes) is 1. The Kier molecular flexibility index (Phi) is 8.12. The first-order valence-electron chi connectivity index (χ1n) is 7.69. The second-order valence-electron chi connectivity index (χ2n) is 5.35. The molecule has 0 aromatic heterocycles. The number of rotatable bonds is 10. The van der Waals surface area contributed by atoms with Crippen LogP contribution in [0.1, 0.15) is 31.7 Å². The molecule has 0 atom stereocenters. The van der Waals surface area contributed by atoms with Crippen LogP contribution in [-0.2, 0) is 21.2 Å². The fourth-order valence-electron chi connectivity index (χ4n) is 2.08. The van der Waals surface area contributed by atoms with E-state index in [4.69, 9.17) is 0 Å². The molecule has 0 aliphatic rings. The molecule has 0 heterocycles. The van der Waals surface area contributed by atoms with Gasteiger partial charge in [0.1, 0.15) is 0 Å². The fraction of sp³-hybridized carbons (Fsp3) is 0.562. The molecule has 124 valence electrons. The summed E-state index contributed by atoms with van der Waals surface area (Å²) in [7, 11) is -3.24. The van der Waals surface area contributed by atoms with Gasteiger partial charge >= 0.3 is 0 Å². The lowest BCUT2D eigenvalue weighted by molar-refractivity contribution is -0.121. The number of amides is 1. The molecule has 0 radical (unpaired) electrons. The van der Waals surface area contributed by atoms with Gasteiger partial charge in [0.2, 0.25) is 15.9 Å². The Hall–Kier alpha value is -1.40. The lowest BCUT2D eigenvalue weighted by Crippen LogP contribution is -2.35. The largest absolute Gasteiger partial charge is 0.356 e. The fourth-order valence-corrected chi connectivity index (χ4v) is 2.97. The second-order valence-corrected chi connectivity index (χ2v) is 7.33. The zero-order valence-corrected chi connectivity index (χ0v) is 14.2. The zero-order valence-electron chi connectivity index (χ0n) is 13.4. The van der Waals surface area contributed by atoms with Crippen LogP contribution in [0.25, 0.3) is 0 Å². The van der Waals surface area contributed by atoms with Crippen molar-refractivity contribution in [2.24, 2.45) is 0 Å². The Labute approximate surface area is 133 Å². The van der Waals surface area contributed by atoms with E-state index in [1.807, 2.05) is 37.3 Å². The van der Waals surface area contributed by atoms with Gasteiger partial charge in [-0.3, -0.25) is 4.79 Å². The van der Waals surface area contributed by atoms with Gasteiger partial charge in [-0.15, -0.1) is 0 Å². The van der Waals surface area contributed by atoms with Crippen LogP contribution < -0.4 is 5.32 Å². The molecule has 1 N–H and O–H groups in total. The summed E-state index contributed by atoms with van der Waals surface area (Å²) in [6.45, 7) is 3.30. The van der Waals surface area contributed by atoms with E-state index in [0.717, 1.165) is 19.3 Å². The number of nitrogens with one attached hydrogen (secondary N) is 1. The molecule has 1 rings (SSSR count). The van der Waals surface area contributed by atoms with Crippen molar-refractivity contribution in [3.8, 4) is 0 Å². The average Bonchev–Trinajstić information content (AvgIpc) is 2.47. The van der Waals surface area contributed by atoms with Crippen molar-refractivity contribution < 1.29 is 13.2 Å². The van der Waals surface area contributed by atoms with Gasteiger partial charge < -0.3 is 5.32 Å². The van der Waals surface area contributed by atoms with Crippen molar-refractivity contribution in [2.75, 3.05) is 25.9 Å². The molecule has 22 heavy (non-hydrogen) atoms. The summed E-state index contributed by atoms with van der Waals surface area (Å²) in [4.78, 5) is 11.8. The van der Waals surface area contributed by atoms with Crippen LogP contribution in [0.5, 0.6) is 0 Å². The lowest BCUT2D eigenvalue weighted by atomic mass is 10.1. The highest BCUT2D eigenvalue weighted by Gasteiger charge is 2.16. The quantitative estimate of drug-likeness (QED) is 0.713. The predicted octanol–water partition coefficient (Wildman–Crippen LogP) is 1.80. The number of carbonyl (C=O) groups excluding carboxylic acids is 1. The third-order valence-electron chi connectivity index (χ3n) is 3.40. The molecule has 0 unspecified atom stereocenters. The molecule has 0 spiro atoms. The molecule has 1 aromatic rings. The first-order chi connectivity index (χ1) is 10.4. The molecule has 0 aliphatic heterocycles. The molecular formula is C16H26N2O3S. The van der Waals surface area contributed by atoms with Crippen LogP contribution in [0.4, 0.5) is 0 Å². The standard InChI is InChI=1S/C16H26N2O3S/c1-3-4-13-18(22(2,20)21)14-11-16(19)17-12-10-15-8-6-5-7-9-15/h5-9H,3-4,10-14H2,1-2H3,(H,17,19). The SMILES string of the molecule is CCCCN(CCC(=O)NCCc1ccccc1)S(C)(=O)=O. The summed E-state index contributed by atoms with van der Waals surface area (Å²) in [6.07, 6.45) is 3.90. The first kappa shape index (κ1) is 18.6. The third-order valence-corrected chi connectivity index (χ3v) is 4.70. The average molecular weight is 326 g/mol. The van der Waals surface area contributed by atoms with Gasteiger partial charge in [0, 0.05) is 26.1 Å². The summed E-state index contributed by atoms with van der Waals surface area (Å²) in [5, 5.41) is 2.83. The molecule has 0 saturated heterocycles. The molecule has 0 aliphatic carbocycles. The molecule has 0 saturated carbocycles. The Morgan fingerprint density at radius 1 is 1.18 bits per heavy atom. The van der Waals surface area contributed by atoms with Gasteiger partial charge in [-0.05, 0) is 18.4 Å². The zero-order chi connectivity index (χ0) is 16.4. The summed E-state index contributed by atoms with van der Waals surface area (Å²) >= 11 is 0. The normalized spacial score (nSPS) is 11.6. The van der Waals surface area contributed by atoms with Crippen LogP contribution in [0, 0.1) is 0 Å². The van der Waals surface area contributed by atoms with Crippen LogP contribution in [0.3, 0.4) is 0 Å². The van der Waals surface area contributed by atoms with Crippen molar-refractivity contribution in [3.05, 3.63) is 35.9 Å². The minimum atomic E-state index is -3.24.